The van der Waals surface area contributed by atoms with Gasteiger partial charge in [-0.3, -0.25) is 4.79 Å². The molecule has 0 radical (unpaired) electrons. The highest BCUT2D eigenvalue weighted by molar-refractivity contribution is 6.35. The minimum atomic E-state index is -1.31. The van der Waals surface area contributed by atoms with Crippen LogP contribution < -0.4 is 5.32 Å². The average molecular weight is 279 g/mol. The lowest BCUT2D eigenvalue weighted by atomic mass is 10.1. The third-order valence-electron chi connectivity index (χ3n) is 2.11. The topological polar surface area (TPSA) is 82.5 Å². The smallest absolute Gasteiger partial charge is 0.216 e. The lowest BCUT2D eigenvalue weighted by Crippen LogP contribution is -2.34. The maximum atomic E-state index is 10.7. The van der Waals surface area contributed by atoms with Crippen molar-refractivity contribution in [2.75, 3.05) is 6.54 Å². The van der Waals surface area contributed by atoms with Gasteiger partial charge in [-0.15, -0.1) is 0 Å². The van der Waals surface area contributed by atoms with E-state index in [1.165, 1.54) is 19.2 Å². The van der Waals surface area contributed by atoms with Crippen LogP contribution in [0.15, 0.2) is 12.3 Å². The van der Waals surface area contributed by atoms with Crippen molar-refractivity contribution in [1.82, 2.24) is 10.3 Å². The SMILES string of the molecule is CC(=O)NCC(O)C(O)c1c(Cl)ccnc1Cl. The van der Waals surface area contributed by atoms with E-state index in [4.69, 9.17) is 23.2 Å². The van der Waals surface area contributed by atoms with Gasteiger partial charge >= 0.3 is 0 Å². The number of hydrogen-bond donors (Lipinski definition) is 3. The van der Waals surface area contributed by atoms with Crippen LogP contribution in [0.1, 0.15) is 18.6 Å². The Morgan fingerprint density at radius 1 is 1.53 bits per heavy atom. The zero-order valence-electron chi connectivity index (χ0n) is 9.02. The zero-order chi connectivity index (χ0) is 13.0. The van der Waals surface area contributed by atoms with Gasteiger partial charge in [-0.25, -0.2) is 4.98 Å². The standard InChI is InChI=1S/C10H12Cl2N2O3/c1-5(15)14-4-7(16)9(17)8-6(11)2-3-13-10(8)12/h2-3,7,9,16-17H,4H2,1H3,(H,14,15). The van der Waals surface area contributed by atoms with E-state index in [-0.39, 0.29) is 28.2 Å². The molecule has 94 valence electrons. The van der Waals surface area contributed by atoms with E-state index in [1.807, 2.05) is 0 Å². The Labute approximate surface area is 108 Å². The quantitative estimate of drug-likeness (QED) is 0.716. The number of halogens is 2. The summed E-state index contributed by atoms with van der Waals surface area (Å²) in [7, 11) is 0. The third-order valence-corrected chi connectivity index (χ3v) is 2.74. The Kier molecular flexibility index (Phi) is 5.14. The molecule has 1 aromatic heterocycles. The first-order valence-electron chi connectivity index (χ1n) is 4.84. The van der Waals surface area contributed by atoms with Crippen molar-refractivity contribution in [1.29, 1.82) is 0 Å². The number of hydrogen-bond acceptors (Lipinski definition) is 4. The number of nitrogens with one attached hydrogen (secondary N) is 1. The Hall–Kier alpha value is -0.880. The predicted molar refractivity (Wildman–Crippen MR) is 63.9 cm³/mol. The minimum Gasteiger partial charge on any atom is -0.388 e. The Bertz CT molecular complexity index is 394. The van der Waals surface area contributed by atoms with Gasteiger partial charge in [0.15, 0.2) is 0 Å². The molecule has 0 spiro atoms. The summed E-state index contributed by atoms with van der Waals surface area (Å²) >= 11 is 11.6. The number of carbonyl (C=O) groups is 1. The number of aliphatic hydroxyl groups excluding tert-OH is 2. The van der Waals surface area contributed by atoms with Crippen LogP contribution in [-0.2, 0) is 4.79 Å². The molecule has 1 aromatic rings. The molecular formula is C10H12Cl2N2O3. The molecule has 0 saturated heterocycles. The Morgan fingerprint density at radius 3 is 2.71 bits per heavy atom. The number of aliphatic hydroxyl groups is 2. The number of aromatic nitrogens is 1. The van der Waals surface area contributed by atoms with E-state index in [0.717, 1.165) is 0 Å². The molecule has 17 heavy (non-hydrogen) atoms. The number of pyridine rings is 1. The lowest BCUT2D eigenvalue weighted by molar-refractivity contribution is -0.119. The highest BCUT2D eigenvalue weighted by atomic mass is 35.5. The van der Waals surface area contributed by atoms with Gasteiger partial charge in [-0.2, -0.15) is 0 Å². The van der Waals surface area contributed by atoms with Crippen LogP contribution in [0.2, 0.25) is 10.2 Å². The van der Waals surface area contributed by atoms with Gasteiger partial charge in [0.2, 0.25) is 5.91 Å². The van der Waals surface area contributed by atoms with E-state index in [1.54, 1.807) is 0 Å². The van der Waals surface area contributed by atoms with Crippen molar-refractivity contribution in [2.45, 2.75) is 19.1 Å². The van der Waals surface area contributed by atoms with E-state index in [2.05, 4.69) is 10.3 Å². The largest absolute Gasteiger partial charge is 0.388 e. The van der Waals surface area contributed by atoms with Crippen molar-refractivity contribution in [3.8, 4) is 0 Å². The summed E-state index contributed by atoms with van der Waals surface area (Å²) in [6.07, 6.45) is -1.13. The van der Waals surface area contributed by atoms with Crippen LogP contribution in [0.4, 0.5) is 0 Å². The molecule has 0 saturated carbocycles. The van der Waals surface area contributed by atoms with Crippen LogP contribution in [0.5, 0.6) is 0 Å². The fraction of sp³-hybridized carbons (Fsp3) is 0.400. The zero-order valence-corrected chi connectivity index (χ0v) is 10.5. The van der Waals surface area contributed by atoms with E-state index in [9.17, 15) is 15.0 Å². The molecule has 1 amide bonds. The first kappa shape index (κ1) is 14.2. The monoisotopic (exact) mass is 278 g/mol. The maximum absolute atomic E-state index is 10.7. The van der Waals surface area contributed by atoms with Crippen LogP contribution in [0.25, 0.3) is 0 Å². The highest BCUT2D eigenvalue weighted by Crippen LogP contribution is 2.30. The summed E-state index contributed by atoms with van der Waals surface area (Å²) in [5.74, 6) is -0.306. The van der Waals surface area contributed by atoms with Gasteiger partial charge in [0.1, 0.15) is 17.4 Å². The first-order chi connectivity index (χ1) is 7.93. The molecule has 5 nitrogen and oxygen atoms in total. The van der Waals surface area contributed by atoms with Crippen molar-refractivity contribution in [2.24, 2.45) is 0 Å². The summed E-state index contributed by atoms with van der Waals surface area (Å²) < 4.78 is 0. The van der Waals surface area contributed by atoms with Gasteiger partial charge in [0.05, 0.1) is 5.02 Å². The van der Waals surface area contributed by atoms with Crippen molar-refractivity contribution < 1.29 is 15.0 Å². The van der Waals surface area contributed by atoms with Gasteiger partial charge < -0.3 is 15.5 Å². The van der Waals surface area contributed by atoms with Crippen molar-refractivity contribution >= 4 is 29.1 Å². The normalized spacial score (nSPS) is 14.2. The fourth-order valence-electron chi connectivity index (χ4n) is 1.24. The Balaban J connectivity index is 2.81. The first-order valence-corrected chi connectivity index (χ1v) is 5.59. The minimum absolute atomic E-state index is 0.0203. The number of amides is 1. The number of rotatable bonds is 4. The molecule has 1 rings (SSSR count). The summed E-state index contributed by atoms with van der Waals surface area (Å²) in [4.78, 5) is 14.4. The molecule has 0 fully saturated rings. The molecule has 0 aromatic carbocycles. The van der Waals surface area contributed by atoms with E-state index < -0.39 is 12.2 Å². The summed E-state index contributed by atoms with van der Waals surface area (Å²) in [6, 6.07) is 1.46. The molecule has 2 unspecified atom stereocenters. The second kappa shape index (κ2) is 6.16. The second-order valence-corrected chi connectivity index (χ2v) is 4.21. The molecule has 0 aliphatic heterocycles. The van der Waals surface area contributed by atoms with E-state index >= 15 is 0 Å². The van der Waals surface area contributed by atoms with Gasteiger partial charge in [0, 0.05) is 25.2 Å². The highest BCUT2D eigenvalue weighted by Gasteiger charge is 2.24. The van der Waals surface area contributed by atoms with Crippen LogP contribution in [0, 0.1) is 0 Å². The summed E-state index contributed by atoms with van der Waals surface area (Å²) in [5, 5.41) is 22.1. The number of carbonyl (C=O) groups excluding carboxylic acids is 1. The van der Waals surface area contributed by atoms with E-state index in [0.29, 0.717) is 0 Å². The molecular weight excluding hydrogens is 267 g/mol. The molecule has 0 aliphatic carbocycles. The fourth-order valence-corrected chi connectivity index (χ4v) is 1.82. The molecule has 7 heteroatoms. The van der Waals surface area contributed by atoms with Crippen LogP contribution in [-0.4, -0.2) is 33.8 Å². The third kappa shape index (κ3) is 3.81. The summed E-state index contributed by atoms with van der Waals surface area (Å²) in [5.41, 5.74) is 0.147. The summed E-state index contributed by atoms with van der Waals surface area (Å²) in [6.45, 7) is 1.21. The van der Waals surface area contributed by atoms with Gasteiger partial charge in [-0.1, -0.05) is 23.2 Å². The average Bonchev–Trinajstić information content (AvgIpc) is 2.25. The second-order valence-electron chi connectivity index (χ2n) is 3.45. The molecule has 0 bridgehead atoms. The van der Waals surface area contributed by atoms with Gasteiger partial charge in [0.25, 0.3) is 0 Å². The molecule has 3 N–H and O–H groups in total. The maximum Gasteiger partial charge on any atom is 0.216 e. The predicted octanol–water partition coefficient (Wildman–Crippen LogP) is 0.919. The Morgan fingerprint density at radius 2 is 2.18 bits per heavy atom. The molecule has 0 aliphatic rings. The lowest BCUT2D eigenvalue weighted by Gasteiger charge is -2.19. The van der Waals surface area contributed by atoms with Crippen LogP contribution >= 0.6 is 23.2 Å². The number of nitrogens with zero attached hydrogens (tertiary/aromatic N) is 1. The molecule has 2 atom stereocenters. The van der Waals surface area contributed by atoms with Crippen molar-refractivity contribution in [3.63, 3.8) is 0 Å². The van der Waals surface area contributed by atoms with Gasteiger partial charge in [-0.05, 0) is 6.07 Å². The van der Waals surface area contributed by atoms with Crippen molar-refractivity contribution in [3.05, 3.63) is 28.0 Å². The van der Waals surface area contributed by atoms with Crippen LogP contribution in [0.3, 0.4) is 0 Å². The molecule has 1 heterocycles.